The van der Waals surface area contributed by atoms with Gasteiger partial charge in [-0.2, -0.15) is 0 Å². The number of esters is 1. The second kappa shape index (κ2) is 6.50. The molecular weight excluding hydrogens is 282 g/mol. The first-order chi connectivity index (χ1) is 8.43. The molecule has 100 valence electrons. The van der Waals surface area contributed by atoms with Crippen LogP contribution < -0.4 is 4.72 Å². The van der Waals surface area contributed by atoms with Crippen LogP contribution in [0.5, 0.6) is 0 Å². The lowest BCUT2D eigenvalue weighted by atomic mass is 10.5. The minimum absolute atomic E-state index is 0.00589. The summed E-state index contributed by atoms with van der Waals surface area (Å²) in [6.07, 6.45) is 2.27. The monoisotopic (exact) mass is 293 g/mol. The Bertz CT molecular complexity index is 520. The third-order valence-electron chi connectivity index (χ3n) is 1.75. The van der Waals surface area contributed by atoms with Crippen molar-refractivity contribution in [2.75, 3.05) is 17.1 Å². The number of rotatable bonds is 6. The lowest BCUT2D eigenvalue weighted by Crippen LogP contribution is -2.20. The summed E-state index contributed by atoms with van der Waals surface area (Å²) < 4.78 is 30.0. The second-order valence-electron chi connectivity index (χ2n) is 3.20. The molecule has 0 saturated carbocycles. The molecule has 0 bridgehead atoms. The highest BCUT2D eigenvalue weighted by molar-refractivity contribution is 7.92. The fourth-order valence-electron chi connectivity index (χ4n) is 1.05. The Hall–Kier alpha value is -1.41. The number of carbonyl (C=O) groups excluding carboxylic acids is 1. The Morgan fingerprint density at radius 2 is 2.22 bits per heavy atom. The van der Waals surface area contributed by atoms with Gasteiger partial charge in [0.2, 0.25) is 10.0 Å². The quantitative estimate of drug-likeness (QED) is 0.780. The van der Waals surface area contributed by atoms with Crippen LogP contribution in [0.25, 0.3) is 0 Å². The summed E-state index contributed by atoms with van der Waals surface area (Å²) in [5, 5.41) is 0.0700. The average Bonchev–Trinajstić information content (AvgIpc) is 2.26. The number of hydrogen-bond acceptors (Lipinski definition) is 6. The van der Waals surface area contributed by atoms with Gasteiger partial charge < -0.3 is 4.74 Å². The molecule has 1 N–H and O–H groups in total. The normalized spacial score (nSPS) is 11.0. The third-order valence-corrected chi connectivity index (χ3v) is 3.19. The van der Waals surface area contributed by atoms with Gasteiger partial charge in [-0.1, -0.05) is 11.6 Å². The van der Waals surface area contributed by atoms with Gasteiger partial charge in [0, 0.05) is 0 Å². The third kappa shape index (κ3) is 5.28. The molecule has 18 heavy (non-hydrogen) atoms. The zero-order valence-corrected chi connectivity index (χ0v) is 11.2. The van der Waals surface area contributed by atoms with Crippen molar-refractivity contribution < 1.29 is 17.9 Å². The first kappa shape index (κ1) is 14.7. The van der Waals surface area contributed by atoms with Crippen molar-refractivity contribution in [3.05, 3.63) is 17.5 Å². The van der Waals surface area contributed by atoms with Gasteiger partial charge in [-0.05, 0) is 6.92 Å². The summed E-state index contributed by atoms with van der Waals surface area (Å²) in [5.74, 6) is -0.952. The first-order valence-corrected chi connectivity index (χ1v) is 7.09. The highest BCUT2D eigenvalue weighted by atomic mass is 35.5. The van der Waals surface area contributed by atoms with Crippen molar-refractivity contribution >= 4 is 33.4 Å². The molecular formula is C9H12ClN3O4S. The van der Waals surface area contributed by atoms with Gasteiger partial charge >= 0.3 is 5.97 Å². The molecule has 0 aromatic carbocycles. The van der Waals surface area contributed by atoms with Crippen LogP contribution in [0.4, 0.5) is 5.82 Å². The van der Waals surface area contributed by atoms with Crippen LogP contribution in [0.3, 0.4) is 0 Å². The van der Waals surface area contributed by atoms with Crippen molar-refractivity contribution in [1.29, 1.82) is 0 Å². The molecule has 0 radical (unpaired) electrons. The molecule has 0 aliphatic heterocycles. The number of anilines is 1. The molecule has 0 spiro atoms. The highest BCUT2D eigenvalue weighted by Crippen LogP contribution is 2.09. The second-order valence-corrected chi connectivity index (χ2v) is 5.43. The number of halogens is 1. The standard InChI is InChI=1S/C9H12ClN3O4S/c1-2-17-9(14)3-4-18(15,16)13-8-6-11-5-7(10)12-8/h5-6H,2-4H2,1H3,(H,12,13). The van der Waals surface area contributed by atoms with Gasteiger partial charge in [0.25, 0.3) is 0 Å². The number of aromatic nitrogens is 2. The molecule has 1 aromatic heterocycles. The van der Waals surface area contributed by atoms with Crippen LogP contribution in [0.15, 0.2) is 12.4 Å². The van der Waals surface area contributed by atoms with Crippen LogP contribution in [0, 0.1) is 0 Å². The smallest absolute Gasteiger partial charge is 0.306 e. The Morgan fingerprint density at radius 3 is 2.83 bits per heavy atom. The van der Waals surface area contributed by atoms with Crippen LogP contribution in [0.1, 0.15) is 13.3 Å². The predicted octanol–water partition coefficient (Wildman–Crippen LogP) is 0.825. The van der Waals surface area contributed by atoms with E-state index in [9.17, 15) is 13.2 Å². The fraction of sp³-hybridized carbons (Fsp3) is 0.444. The van der Waals surface area contributed by atoms with Crippen molar-refractivity contribution in [2.45, 2.75) is 13.3 Å². The molecule has 0 aliphatic rings. The topological polar surface area (TPSA) is 98.2 Å². The summed E-state index contributed by atoms with van der Waals surface area (Å²) >= 11 is 5.56. The molecule has 7 nitrogen and oxygen atoms in total. The van der Waals surface area contributed by atoms with E-state index in [0.29, 0.717) is 0 Å². The summed E-state index contributed by atoms with van der Waals surface area (Å²) in [4.78, 5) is 18.4. The number of hydrogen-bond donors (Lipinski definition) is 1. The largest absolute Gasteiger partial charge is 0.466 e. The predicted molar refractivity (Wildman–Crippen MR) is 65.7 cm³/mol. The summed E-state index contributed by atoms with van der Waals surface area (Å²) in [6, 6.07) is 0. The molecule has 0 unspecified atom stereocenters. The average molecular weight is 294 g/mol. The van der Waals surface area contributed by atoms with Crippen LogP contribution in [-0.2, 0) is 19.6 Å². The lowest BCUT2D eigenvalue weighted by molar-refractivity contribution is -0.142. The van der Waals surface area contributed by atoms with Gasteiger partial charge in [-0.3, -0.25) is 14.5 Å². The van der Waals surface area contributed by atoms with Gasteiger partial charge in [0.15, 0.2) is 5.82 Å². The minimum atomic E-state index is -3.68. The van der Waals surface area contributed by atoms with E-state index in [2.05, 4.69) is 19.4 Å². The maximum atomic E-state index is 11.6. The number of carbonyl (C=O) groups is 1. The molecule has 0 fully saturated rings. The maximum Gasteiger partial charge on any atom is 0.306 e. The van der Waals surface area contributed by atoms with Crippen LogP contribution in [0.2, 0.25) is 5.15 Å². The number of nitrogens with zero attached hydrogens (tertiary/aromatic N) is 2. The molecule has 1 rings (SSSR count). The summed E-state index contributed by atoms with van der Waals surface area (Å²) in [7, 11) is -3.68. The number of sulfonamides is 1. The fourth-order valence-corrected chi connectivity index (χ4v) is 2.15. The minimum Gasteiger partial charge on any atom is -0.466 e. The first-order valence-electron chi connectivity index (χ1n) is 5.06. The van der Waals surface area contributed by atoms with Gasteiger partial charge in [-0.25, -0.2) is 13.4 Å². The van der Waals surface area contributed by atoms with Crippen molar-refractivity contribution in [3.63, 3.8) is 0 Å². The summed E-state index contributed by atoms with van der Waals surface area (Å²) in [5.41, 5.74) is 0. The SMILES string of the molecule is CCOC(=O)CCS(=O)(=O)Nc1cncc(Cl)n1. The zero-order chi connectivity index (χ0) is 13.6. The molecule has 0 saturated heterocycles. The number of nitrogens with one attached hydrogen (secondary N) is 1. The molecule has 9 heteroatoms. The van der Waals surface area contributed by atoms with E-state index in [1.807, 2.05) is 0 Å². The lowest BCUT2D eigenvalue weighted by Gasteiger charge is -2.06. The molecule has 1 heterocycles. The van der Waals surface area contributed by atoms with Crippen molar-refractivity contribution in [2.24, 2.45) is 0 Å². The van der Waals surface area contributed by atoms with Gasteiger partial charge in [0.05, 0.1) is 31.2 Å². The Morgan fingerprint density at radius 1 is 1.50 bits per heavy atom. The highest BCUT2D eigenvalue weighted by Gasteiger charge is 2.14. The Labute approximate surface area is 110 Å². The van der Waals surface area contributed by atoms with E-state index >= 15 is 0 Å². The van der Waals surface area contributed by atoms with E-state index in [0.717, 1.165) is 0 Å². The van der Waals surface area contributed by atoms with Crippen LogP contribution >= 0.6 is 11.6 Å². The Balaban J connectivity index is 2.57. The van der Waals surface area contributed by atoms with Crippen molar-refractivity contribution in [3.8, 4) is 0 Å². The number of ether oxygens (including phenoxy) is 1. The summed E-state index contributed by atoms with van der Waals surface area (Å²) in [6.45, 7) is 1.86. The van der Waals surface area contributed by atoms with Crippen molar-refractivity contribution in [1.82, 2.24) is 9.97 Å². The van der Waals surface area contributed by atoms with Crippen LogP contribution in [-0.4, -0.2) is 36.7 Å². The maximum absolute atomic E-state index is 11.6. The molecule has 0 atom stereocenters. The van der Waals surface area contributed by atoms with E-state index in [1.165, 1.54) is 12.4 Å². The molecule has 0 amide bonds. The van der Waals surface area contributed by atoms with Gasteiger partial charge in [-0.15, -0.1) is 0 Å². The van der Waals surface area contributed by atoms with Gasteiger partial charge in [0.1, 0.15) is 5.15 Å². The zero-order valence-electron chi connectivity index (χ0n) is 9.59. The molecule has 0 aliphatic carbocycles. The van der Waals surface area contributed by atoms with E-state index < -0.39 is 16.0 Å². The van der Waals surface area contributed by atoms with E-state index in [4.69, 9.17) is 11.6 Å². The van der Waals surface area contributed by atoms with E-state index in [1.54, 1.807) is 6.92 Å². The molecule has 1 aromatic rings. The van der Waals surface area contributed by atoms with E-state index in [-0.39, 0.29) is 29.8 Å². The Kier molecular flexibility index (Phi) is 5.29.